The number of aromatic hydroxyl groups is 1. The maximum absolute atomic E-state index is 13.3. The van der Waals surface area contributed by atoms with Gasteiger partial charge in [0.15, 0.2) is 0 Å². The molecule has 2 saturated heterocycles. The SMILES string of the molecule is Cc1cnc2c(c1)c(O)c(C(=O)NC13CC(C1)C3)c(=O)n2CCN1CC2(COC2)C1. The Bertz CT molecular complexity index is 1110. The monoisotopic (exact) mass is 410 g/mol. The summed E-state index contributed by atoms with van der Waals surface area (Å²) >= 11 is 0. The number of nitrogens with zero attached hydrogens (tertiary/aromatic N) is 3. The number of carbonyl (C=O) groups excluding carboxylic acids is 1. The predicted molar refractivity (Wildman–Crippen MR) is 110 cm³/mol. The molecule has 3 saturated carbocycles. The molecule has 0 atom stereocenters. The third kappa shape index (κ3) is 2.56. The second kappa shape index (κ2) is 6.04. The van der Waals surface area contributed by atoms with Crippen molar-refractivity contribution in [2.45, 2.75) is 38.3 Å². The predicted octanol–water partition coefficient (Wildman–Crippen LogP) is 1.03. The number of rotatable bonds is 5. The number of ether oxygens (including phenoxy) is 1. The van der Waals surface area contributed by atoms with Crippen molar-refractivity contribution >= 4 is 16.9 Å². The zero-order chi connectivity index (χ0) is 20.7. The zero-order valence-electron chi connectivity index (χ0n) is 17.1. The van der Waals surface area contributed by atoms with Crippen molar-refractivity contribution in [2.75, 3.05) is 32.8 Å². The number of aryl methyl sites for hydroxylation is 1. The number of fused-ring (bicyclic) bond motifs is 1. The van der Waals surface area contributed by atoms with E-state index in [9.17, 15) is 14.7 Å². The molecule has 30 heavy (non-hydrogen) atoms. The standard InChI is InChI=1S/C22H26N4O4/c1-13-4-15-17(27)16(19(28)24-22-5-14(6-22)7-22)20(29)26(18(15)23-8-13)3-2-25-9-21(10-25)11-30-12-21/h4,8,14,27H,2-3,5-7,9-12H2,1H3,(H,24,28). The Morgan fingerprint density at radius 3 is 2.63 bits per heavy atom. The van der Waals surface area contributed by atoms with E-state index in [1.54, 1.807) is 16.8 Å². The number of pyridine rings is 2. The van der Waals surface area contributed by atoms with Crippen molar-refractivity contribution in [2.24, 2.45) is 11.3 Å². The molecule has 1 spiro atoms. The third-order valence-electron chi connectivity index (χ3n) is 7.43. The molecule has 3 aliphatic carbocycles. The number of carbonyl (C=O) groups is 1. The fourth-order valence-corrected chi connectivity index (χ4v) is 5.64. The van der Waals surface area contributed by atoms with Gasteiger partial charge in [0.1, 0.15) is 17.0 Å². The first-order chi connectivity index (χ1) is 14.4. The lowest BCUT2D eigenvalue weighted by molar-refractivity contribution is -0.189. The van der Waals surface area contributed by atoms with Crippen LogP contribution >= 0.6 is 0 Å². The second-order valence-electron chi connectivity index (χ2n) is 9.98. The molecule has 8 nitrogen and oxygen atoms in total. The summed E-state index contributed by atoms with van der Waals surface area (Å²) in [6.45, 7) is 6.59. The average molecular weight is 410 g/mol. The van der Waals surface area contributed by atoms with Gasteiger partial charge in [-0.25, -0.2) is 4.98 Å². The van der Waals surface area contributed by atoms with E-state index in [0.29, 0.717) is 35.5 Å². The van der Waals surface area contributed by atoms with Crippen LogP contribution in [-0.2, 0) is 11.3 Å². The summed E-state index contributed by atoms with van der Waals surface area (Å²) < 4.78 is 6.88. The Labute approximate surface area is 173 Å². The first-order valence-corrected chi connectivity index (χ1v) is 10.7. The van der Waals surface area contributed by atoms with Gasteiger partial charge >= 0.3 is 0 Å². The van der Waals surface area contributed by atoms with Crippen molar-refractivity contribution in [1.82, 2.24) is 19.8 Å². The number of likely N-dealkylation sites (tertiary alicyclic amines) is 1. The van der Waals surface area contributed by atoms with E-state index in [4.69, 9.17) is 4.74 Å². The van der Waals surface area contributed by atoms with Gasteiger partial charge in [0.05, 0.1) is 18.6 Å². The van der Waals surface area contributed by atoms with Crippen molar-refractivity contribution in [1.29, 1.82) is 0 Å². The molecule has 0 aromatic carbocycles. The Morgan fingerprint density at radius 1 is 1.30 bits per heavy atom. The zero-order valence-corrected chi connectivity index (χ0v) is 17.1. The minimum absolute atomic E-state index is 0.160. The minimum Gasteiger partial charge on any atom is -0.506 e. The van der Waals surface area contributed by atoms with Crippen LogP contribution in [0.2, 0.25) is 0 Å². The minimum atomic E-state index is -0.470. The van der Waals surface area contributed by atoms with Gasteiger partial charge in [0.25, 0.3) is 11.5 Å². The topological polar surface area (TPSA) is 96.7 Å². The van der Waals surface area contributed by atoms with Gasteiger partial charge in [-0.2, -0.15) is 0 Å². The average Bonchev–Trinajstić information content (AvgIpc) is 2.57. The summed E-state index contributed by atoms with van der Waals surface area (Å²) in [6.07, 6.45) is 4.61. The fraction of sp³-hybridized carbons (Fsp3) is 0.591. The molecule has 0 unspecified atom stereocenters. The number of hydrogen-bond acceptors (Lipinski definition) is 6. The summed E-state index contributed by atoms with van der Waals surface area (Å²) in [6, 6.07) is 1.79. The molecule has 5 fully saturated rings. The number of aromatic nitrogens is 2. The van der Waals surface area contributed by atoms with Crippen LogP contribution in [0, 0.1) is 18.3 Å². The molecule has 2 aromatic heterocycles. The molecule has 5 aliphatic rings. The van der Waals surface area contributed by atoms with E-state index in [2.05, 4.69) is 15.2 Å². The molecule has 158 valence electrons. The van der Waals surface area contributed by atoms with Crippen molar-refractivity contribution in [3.63, 3.8) is 0 Å². The van der Waals surface area contributed by atoms with Gasteiger partial charge in [-0.05, 0) is 43.7 Å². The maximum atomic E-state index is 13.3. The number of hydrogen-bond donors (Lipinski definition) is 2. The van der Waals surface area contributed by atoms with Crippen LogP contribution in [0.1, 0.15) is 35.2 Å². The van der Waals surface area contributed by atoms with Crippen molar-refractivity contribution < 1.29 is 14.6 Å². The molecule has 2 aromatic rings. The molecular formula is C22H26N4O4. The highest BCUT2D eigenvalue weighted by Gasteiger charge is 2.57. The normalized spacial score (nSPS) is 28.4. The summed E-state index contributed by atoms with van der Waals surface area (Å²) in [5, 5.41) is 14.3. The number of amides is 1. The molecular weight excluding hydrogens is 384 g/mol. The van der Waals surface area contributed by atoms with E-state index in [-0.39, 0.29) is 16.9 Å². The summed E-state index contributed by atoms with van der Waals surface area (Å²) in [5.74, 6) is -0.0247. The molecule has 1 amide bonds. The molecule has 2 aliphatic heterocycles. The number of nitrogens with one attached hydrogen (secondary N) is 1. The second-order valence-corrected chi connectivity index (χ2v) is 9.98. The molecule has 8 heteroatoms. The van der Waals surface area contributed by atoms with Gasteiger partial charge in [0, 0.05) is 43.3 Å². The Hall–Kier alpha value is -2.45. The lowest BCUT2D eigenvalue weighted by Gasteiger charge is -2.61. The van der Waals surface area contributed by atoms with Crippen LogP contribution in [0.3, 0.4) is 0 Å². The largest absolute Gasteiger partial charge is 0.506 e. The van der Waals surface area contributed by atoms with Crippen LogP contribution in [0.25, 0.3) is 11.0 Å². The van der Waals surface area contributed by atoms with E-state index < -0.39 is 11.5 Å². The summed E-state index contributed by atoms with van der Waals surface area (Å²) in [5.41, 5.74) is 0.804. The van der Waals surface area contributed by atoms with Gasteiger partial charge in [-0.1, -0.05) is 0 Å². The van der Waals surface area contributed by atoms with Crippen LogP contribution < -0.4 is 10.9 Å². The lowest BCUT2D eigenvalue weighted by atomic mass is 9.50. The fourth-order valence-electron chi connectivity index (χ4n) is 5.64. The summed E-state index contributed by atoms with van der Waals surface area (Å²) in [4.78, 5) is 33.0. The summed E-state index contributed by atoms with van der Waals surface area (Å²) in [7, 11) is 0. The lowest BCUT2D eigenvalue weighted by Crippen LogP contribution is -2.68. The van der Waals surface area contributed by atoms with Crippen molar-refractivity contribution in [3.05, 3.63) is 33.7 Å². The Balaban J connectivity index is 1.33. The van der Waals surface area contributed by atoms with Crippen LogP contribution in [-0.4, -0.2) is 63.9 Å². The third-order valence-corrected chi connectivity index (χ3v) is 7.43. The molecule has 2 N–H and O–H groups in total. The molecule has 0 radical (unpaired) electrons. The van der Waals surface area contributed by atoms with E-state index in [1.807, 2.05) is 6.92 Å². The highest BCUT2D eigenvalue weighted by Crippen LogP contribution is 2.57. The van der Waals surface area contributed by atoms with E-state index in [0.717, 1.165) is 51.1 Å². The quantitative estimate of drug-likeness (QED) is 0.764. The molecule has 4 heterocycles. The Kier molecular flexibility index (Phi) is 3.69. The van der Waals surface area contributed by atoms with E-state index in [1.165, 1.54) is 0 Å². The van der Waals surface area contributed by atoms with Crippen LogP contribution in [0.4, 0.5) is 0 Å². The van der Waals surface area contributed by atoms with Gasteiger partial charge in [-0.3, -0.25) is 14.2 Å². The van der Waals surface area contributed by atoms with Gasteiger partial charge in [-0.15, -0.1) is 0 Å². The van der Waals surface area contributed by atoms with Crippen LogP contribution in [0.5, 0.6) is 5.75 Å². The smallest absolute Gasteiger partial charge is 0.268 e. The van der Waals surface area contributed by atoms with Gasteiger partial charge in [0.2, 0.25) is 0 Å². The molecule has 7 rings (SSSR count). The van der Waals surface area contributed by atoms with E-state index >= 15 is 0 Å². The first-order valence-electron chi connectivity index (χ1n) is 10.7. The Morgan fingerprint density at radius 2 is 2.03 bits per heavy atom. The highest BCUT2D eigenvalue weighted by molar-refractivity contribution is 6.02. The first kappa shape index (κ1) is 18.3. The van der Waals surface area contributed by atoms with Crippen LogP contribution in [0.15, 0.2) is 17.1 Å². The highest BCUT2D eigenvalue weighted by atomic mass is 16.5. The molecule has 2 bridgehead atoms. The maximum Gasteiger partial charge on any atom is 0.268 e. The van der Waals surface area contributed by atoms with Crippen molar-refractivity contribution in [3.8, 4) is 5.75 Å². The van der Waals surface area contributed by atoms with Gasteiger partial charge < -0.3 is 20.1 Å².